The van der Waals surface area contributed by atoms with Gasteiger partial charge in [0.25, 0.3) is 0 Å². The van der Waals surface area contributed by atoms with E-state index in [2.05, 4.69) is 15.3 Å². The van der Waals surface area contributed by atoms with Gasteiger partial charge in [-0.05, 0) is 37.1 Å². The van der Waals surface area contributed by atoms with Crippen LogP contribution in [0.3, 0.4) is 0 Å². The van der Waals surface area contributed by atoms with Gasteiger partial charge in [-0.2, -0.15) is 0 Å². The summed E-state index contributed by atoms with van der Waals surface area (Å²) >= 11 is 0. The molecule has 0 amide bonds. The molecule has 1 heterocycles. The van der Waals surface area contributed by atoms with Crippen molar-refractivity contribution in [3.8, 4) is 5.75 Å². The monoisotopic (exact) mass is 329 g/mol. The highest BCUT2D eigenvalue weighted by Gasteiger charge is 2.11. The van der Waals surface area contributed by atoms with Gasteiger partial charge in [-0.3, -0.25) is 0 Å². The van der Waals surface area contributed by atoms with E-state index < -0.39 is 11.6 Å². The molecule has 0 bridgehead atoms. The Morgan fingerprint density at radius 2 is 1.83 bits per heavy atom. The molecule has 2 aromatic carbocycles. The van der Waals surface area contributed by atoms with Gasteiger partial charge in [0, 0.05) is 18.0 Å². The van der Waals surface area contributed by atoms with Crippen LogP contribution in [0.15, 0.2) is 36.4 Å². The Labute approximate surface area is 138 Å². The number of nitrogens with one attached hydrogen (secondary N) is 1. The van der Waals surface area contributed by atoms with Gasteiger partial charge in [0.15, 0.2) is 5.82 Å². The standard InChI is InChI=1S/C18H17F2N3O/c1-11-22-17-15(9-13(19)10-16(17)20)18(23-11)21-8-7-12-3-5-14(24-2)6-4-12/h3-6,9-10H,7-8H2,1-2H3,(H,21,22,23). The Morgan fingerprint density at radius 3 is 2.54 bits per heavy atom. The molecule has 24 heavy (non-hydrogen) atoms. The van der Waals surface area contributed by atoms with Crippen LogP contribution in [-0.4, -0.2) is 23.6 Å². The molecule has 0 aliphatic heterocycles. The Kier molecular flexibility index (Phi) is 4.55. The molecule has 4 nitrogen and oxygen atoms in total. The molecule has 124 valence electrons. The Hall–Kier alpha value is -2.76. The molecule has 0 atom stereocenters. The third kappa shape index (κ3) is 3.42. The molecule has 0 fully saturated rings. The van der Waals surface area contributed by atoms with Crippen molar-refractivity contribution < 1.29 is 13.5 Å². The fourth-order valence-electron chi connectivity index (χ4n) is 2.52. The lowest BCUT2D eigenvalue weighted by molar-refractivity contribution is 0.414. The summed E-state index contributed by atoms with van der Waals surface area (Å²) in [7, 11) is 1.62. The van der Waals surface area contributed by atoms with E-state index in [1.807, 2.05) is 24.3 Å². The summed E-state index contributed by atoms with van der Waals surface area (Å²) in [5.41, 5.74) is 1.24. The summed E-state index contributed by atoms with van der Waals surface area (Å²) in [6, 6.07) is 9.81. The number of hydrogen-bond acceptors (Lipinski definition) is 4. The fraction of sp³-hybridized carbons (Fsp3) is 0.222. The van der Waals surface area contributed by atoms with Crippen LogP contribution in [0.1, 0.15) is 11.4 Å². The first-order valence-corrected chi connectivity index (χ1v) is 7.57. The maximum absolute atomic E-state index is 13.9. The van der Waals surface area contributed by atoms with Crippen molar-refractivity contribution in [2.75, 3.05) is 19.0 Å². The molecule has 0 aliphatic rings. The number of aryl methyl sites for hydroxylation is 1. The van der Waals surface area contributed by atoms with E-state index in [0.29, 0.717) is 23.6 Å². The minimum absolute atomic E-state index is 0.121. The average molecular weight is 329 g/mol. The Balaban J connectivity index is 1.79. The van der Waals surface area contributed by atoms with E-state index in [4.69, 9.17) is 4.74 Å². The number of halogens is 2. The first-order chi connectivity index (χ1) is 11.6. The van der Waals surface area contributed by atoms with E-state index in [1.165, 1.54) is 6.07 Å². The molecule has 6 heteroatoms. The van der Waals surface area contributed by atoms with Gasteiger partial charge in [-0.1, -0.05) is 12.1 Å². The fourth-order valence-corrected chi connectivity index (χ4v) is 2.52. The number of ether oxygens (including phenoxy) is 1. The van der Waals surface area contributed by atoms with E-state index in [9.17, 15) is 8.78 Å². The van der Waals surface area contributed by atoms with Crippen molar-refractivity contribution in [3.63, 3.8) is 0 Å². The highest BCUT2D eigenvalue weighted by atomic mass is 19.1. The van der Waals surface area contributed by atoms with Crippen LogP contribution in [0.4, 0.5) is 14.6 Å². The maximum atomic E-state index is 13.9. The van der Waals surface area contributed by atoms with Gasteiger partial charge in [0.1, 0.15) is 28.7 Å². The summed E-state index contributed by atoms with van der Waals surface area (Å²) in [6.07, 6.45) is 0.742. The molecule has 0 saturated heterocycles. The van der Waals surface area contributed by atoms with Crippen LogP contribution in [0.5, 0.6) is 5.75 Å². The maximum Gasteiger partial charge on any atom is 0.152 e. The van der Waals surface area contributed by atoms with Crippen molar-refractivity contribution in [1.82, 2.24) is 9.97 Å². The van der Waals surface area contributed by atoms with Crippen LogP contribution in [-0.2, 0) is 6.42 Å². The molecule has 0 spiro atoms. The summed E-state index contributed by atoms with van der Waals surface area (Å²) in [5.74, 6) is 0.332. The SMILES string of the molecule is COc1ccc(CCNc2nc(C)nc3c(F)cc(F)cc23)cc1. The van der Waals surface area contributed by atoms with Crippen molar-refractivity contribution in [2.45, 2.75) is 13.3 Å². The second-order valence-electron chi connectivity index (χ2n) is 5.43. The zero-order chi connectivity index (χ0) is 17.1. The van der Waals surface area contributed by atoms with Gasteiger partial charge in [-0.15, -0.1) is 0 Å². The van der Waals surface area contributed by atoms with Gasteiger partial charge in [0.2, 0.25) is 0 Å². The quantitative estimate of drug-likeness (QED) is 0.772. The highest BCUT2D eigenvalue weighted by Crippen LogP contribution is 2.24. The minimum atomic E-state index is -0.686. The third-order valence-electron chi connectivity index (χ3n) is 3.70. The first kappa shape index (κ1) is 16.1. The lowest BCUT2D eigenvalue weighted by Crippen LogP contribution is -2.08. The number of methoxy groups -OCH3 is 1. The zero-order valence-corrected chi connectivity index (χ0v) is 13.4. The summed E-state index contributed by atoms with van der Waals surface area (Å²) in [6.45, 7) is 2.26. The normalized spacial score (nSPS) is 10.8. The van der Waals surface area contributed by atoms with E-state index in [-0.39, 0.29) is 5.52 Å². The van der Waals surface area contributed by atoms with Crippen LogP contribution < -0.4 is 10.1 Å². The first-order valence-electron chi connectivity index (χ1n) is 7.57. The zero-order valence-electron chi connectivity index (χ0n) is 13.4. The average Bonchev–Trinajstić information content (AvgIpc) is 2.56. The second kappa shape index (κ2) is 6.78. The predicted molar refractivity (Wildman–Crippen MR) is 89.4 cm³/mol. The van der Waals surface area contributed by atoms with Crippen LogP contribution in [0.25, 0.3) is 10.9 Å². The van der Waals surface area contributed by atoms with E-state index in [0.717, 1.165) is 23.8 Å². The van der Waals surface area contributed by atoms with Crippen molar-refractivity contribution >= 4 is 16.7 Å². The van der Waals surface area contributed by atoms with Crippen LogP contribution >= 0.6 is 0 Å². The van der Waals surface area contributed by atoms with Gasteiger partial charge in [0.05, 0.1) is 7.11 Å². The third-order valence-corrected chi connectivity index (χ3v) is 3.70. The van der Waals surface area contributed by atoms with Crippen molar-refractivity contribution in [1.29, 1.82) is 0 Å². The number of benzene rings is 2. The Bertz CT molecular complexity index is 866. The molecule has 0 saturated carbocycles. The molecule has 0 radical (unpaired) electrons. The molecular formula is C18H17F2N3O. The lowest BCUT2D eigenvalue weighted by atomic mass is 10.1. The highest BCUT2D eigenvalue weighted by molar-refractivity contribution is 5.89. The molecule has 0 aliphatic carbocycles. The number of rotatable bonds is 5. The largest absolute Gasteiger partial charge is 0.497 e. The predicted octanol–water partition coefficient (Wildman–Crippen LogP) is 3.88. The molecule has 1 aromatic heterocycles. The van der Waals surface area contributed by atoms with Crippen molar-refractivity contribution in [2.24, 2.45) is 0 Å². The van der Waals surface area contributed by atoms with Crippen molar-refractivity contribution in [3.05, 3.63) is 59.4 Å². The molecule has 0 unspecified atom stereocenters. The molecule has 3 rings (SSSR count). The van der Waals surface area contributed by atoms with Crippen LogP contribution in [0.2, 0.25) is 0 Å². The number of nitrogens with zero attached hydrogens (tertiary/aromatic N) is 2. The van der Waals surface area contributed by atoms with Crippen LogP contribution in [0, 0.1) is 18.6 Å². The summed E-state index contributed by atoms with van der Waals surface area (Å²) in [5, 5.41) is 3.48. The number of fused-ring (bicyclic) bond motifs is 1. The summed E-state index contributed by atoms with van der Waals surface area (Å²) in [4.78, 5) is 8.32. The van der Waals surface area contributed by atoms with Gasteiger partial charge >= 0.3 is 0 Å². The molecule has 3 aromatic rings. The number of anilines is 1. The van der Waals surface area contributed by atoms with E-state index >= 15 is 0 Å². The van der Waals surface area contributed by atoms with E-state index in [1.54, 1.807) is 14.0 Å². The number of hydrogen-bond donors (Lipinski definition) is 1. The van der Waals surface area contributed by atoms with Gasteiger partial charge in [-0.25, -0.2) is 18.7 Å². The number of aromatic nitrogens is 2. The van der Waals surface area contributed by atoms with Gasteiger partial charge < -0.3 is 10.1 Å². The lowest BCUT2D eigenvalue weighted by Gasteiger charge is -2.10. The topological polar surface area (TPSA) is 47.0 Å². The smallest absolute Gasteiger partial charge is 0.152 e. The minimum Gasteiger partial charge on any atom is -0.497 e. The molecular weight excluding hydrogens is 312 g/mol. The summed E-state index contributed by atoms with van der Waals surface area (Å²) < 4.78 is 32.5. The second-order valence-corrected chi connectivity index (χ2v) is 5.43. The Morgan fingerprint density at radius 1 is 1.08 bits per heavy atom. The molecule has 1 N–H and O–H groups in total.